The van der Waals surface area contributed by atoms with Crippen LogP contribution in [-0.4, -0.2) is 0 Å². The SMILES string of the molecule is CC(C)=CCCC(C)CCC(C)(C)C.CC(C)CC(C)(C)C.CC(C)CCCC(C)CCC(C)(C)C.CCCCCCCCC(CCCCCCCC)C(C)(C)C.CCCCCCCCCCCCC(CCCCCCCCCCCC)C(C)(C)C. The van der Waals surface area contributed by atoms with E-state index in [1.165, 1.54) is 301 Å². The molecule has 0 radical (unpaired) electrons. The summed E-state index contributed by atoms with van der Waals surface area (Å²) >= 11 is 0. The third-order valence-electron chi connectivity index (χ3n) is 18.6. The Balaban J connectivity index is -0.000000337. The highest BCUT2D eigenvalue weighted by molar-refractivity contribution is 4.92. The predicted octanol–water partition coefficient (Wildman–Crippen LogP) is 33.0. The monoisotopic (exact) mass is 1210 g/mol. The van der Waals surface area contributed by atoms with Crippen LogP contribution >= 0.6 is 0 Å². The first kappa shape index (κ1) is 94.4. The fraction of sp³-hybridized carbons (Fsp3) is 0.977. The van der Waals surface area contributed by atoms with Gasteiger partial charge in [-0.3, -0.25) is 0 Å². The minimum absolute atomic E-state index is 0.499. The van der Waals surface area contributed by atoms with Crippen LogP contribution in [0, 0.1) is 62.6 Å². The van der Waals surface area contributed by atoms with Crippen LogP contribution in [0.1, 0.15) is 482 Å². The van der Waals surface area contributed by atoms with Crippen molar-refractivity contribution in [1.29, 1.82) is 0 Å². The molecule has 0 nitrogen and oxygen atoms in total. The van der Waals surface area contributed by atoms with Gasteiger partial charge >= 0.3 is 0 Å². The van der Waals surface area contributed by atoms with Gasteiger partial charge in [0, 0.05) is 0 Å². The molecule has 0 aliphatic carbocycles. The molecule has 0 bridgehead atoms. The summed E-state index contributed by atoms with van der Waals surface area (Å²) in [6.45, 7) is 63.2. The second-order valence-corrected chi connectivity index (χ2v) is 35.9. The van der Waals surface area contributed by atoms with Gasteiger partial charge in [0.25, 0.3) is 0 Å². The fourth-order valence-corrected chi connectivity index (χ4v) is 12.5. The number of unbranched alkanes of at least 4 members (excludes halogenated alkanes) is 28. The second kappa shape index (κ2) is 62.2. The number of rotatable bonds is 48. The molecule has 0 aromatic heterocycles. The Morgan fingerprint density at radius 2 is 0.523 bits per heavy atom. The first-order valence-corrected chi connectivity index (χ1v) is 39.7. The van der Waals surface area contributed by atoms with Crippen molar-refractivity contribution in [3.05, 3.63) is 11.6 Å². The molecule has 2 unspecified atom stereocenters. The van der Waals surface area contributed by atoms with E-state index in [2.05, 4.69) is 193 Å². The molecule has 0 amide bonds. The third kappa shape index (κ3) is 87.9. The molecule has 0 aromatic rings. The maximum absolute atomic E-state index is 2.48. The van der Waals surface area contributed by atoms with Gasteiger partial charge in [0.2, 0.25) is 0 Å². The summed E-state index contributed by atoms with van der Waals surface area (Å²) in [6, 6.07) is 0. The zero-order chi connectivity index (χ0) is 66.8. The van der Waals surface area contributed by atoms with Crippen molar-refractivity contribution in [1.82, 2.24) is 0 Å². The van der Waals surface area contributed by atoms with Crippen molar-refractivity contribution in [2.75, 3.05) is 0 Å². The molecular formula is C86H180. The maximum atomic E-state index is 2.48. The van der Waals surface area contributed by atoms with Gasteiger partial charge in [-0.25, -0.2) is 0 Å². The molecule has 0 aromatic carbocycles. The number of hydrogen-bond donors (Lipinski definition) is 0. The van der Waals surface area contributed by atoms with Crippen LogP contribution < -0.4 is 0 Å². The van der Waals surface area contributed by atoms with Gasteiger partial charge in [0.1, 0.15) is 0 Å². The maximum Gasteiger partial charge on any atom is -0.0346 e. The molecule has 524 valence electrons. The van der Waals surface area contributed by atoms with E-state index in [0.717, 1.165) is 35.5 Å². The summed E-state index contributed by atoms with van der Waals surface area (Å²) in [6.07, 6.45) is 68.3. The minimum atomic E-state index is 0.499. The highest BCUT2D eigenvalue weighted by Gasteiger charge is 2.25. The van der Waals surface area contributed by atoms with Crippen LogP contribution in [0.25, 0.3) is 0 Å². The lowest BCUT2D eigenvalue weighted by atomic mass is 9.75. The Hall–Kier alpha value is -0.260. The quantitative estimate of drug-likeness (QED) is 0.0421. The normalized spacial score (nSPS) is 13.0. The van der Waals surface area contributed by atoms with E-state index in [1.54, 1.807) is 0 Å². The lowest BCUT2D eigenvalue weighted by Gasteiger charge is -2.31. The minimum Gasteiger partial charge on any atom is -0.0859 e. The predicted molar refractivity (Wildman–Crippen MR) is 407 cm³/mol. The van der Waals surface area contributed by atoms with E-state index < -0.39 is 0 Å². The first-order chi connectivity index (χ1) is 40.1. The van der Waals surface area contributed by atoms with Gasteiger partial charge < -0.3 is 0 Å². The van der Waals surface area contributed by atoms with E-state index in [9.17, 15) is 0 Å². The number of hydrogen-bond acceptors (Lipinski definition) is 0. The van der Waals surface area contributed by atoms with Gasteiger partial charge in [-0.05, 0) is 134 Å². The van der Waals surface area contributed by atoms with Crippen LogP contribution in [0.3, 0.4) is 0 Å². The molecule has 0 rings (SSSR count). The molecule has 0 aliphatic rings. The van der Waals surface area contributed by atoms with Crippen molar-refractivity contribution in [2.45, 2.75) is 482 Å². The molecule has 0 heterocycles. The molecule has 0 aliphatic heterocycles. The van der Waals surface area contributed by atoms with E-state index in [1.807, 2.05) is 0 Å². The highest BCUT2D eigenvalue weighted by Crippen LogP contribution is 2.36. The first-order valence-electron chi connectivity index (χ1n) is 39.7. The van der Waals surface area contributed by atoms with Gasteiger partial charge in [0.05, 0.1) is 0 Å². The van der Waals surface area contributed by atoms with Crippen LogP contribution in [0.15, 0.2) is 11.6 Å². The van der Waals surface area contributed by atoms with Crippen LogP contribution in [0.4, 0.5) is 0 Å². The summed E-state index contributed by atoms with van der Waals surface area (Å²) in [4.78, 5) is 0. The lowest BCUT2D eigenvalue weighted by molar-refractivity contribution is 0.200. The van der Waals surface area contributed by atoms with E-state index in [-0.39, 0.29) is 0 Å². The summed E-state index contributed by atoms with van der Waals surface area (Å²) in [5, 5.41) is 0. The zero-order valence-electron chi connectivity index (χ0n) is 66.6. The van der Waals surface area contributed by atoms with Gasteiger partial charge in [-0.2, -0.15) is 0 Å². The number of allylic oxidation sites excluding steroid dienone is 2. The Labute approximate surface area is 553 Å². The largest absolute Gasteiger partial charge is 0.0859 e. The molecule has 0 saturated carbocycles. The van der Waals surface area contributed by atoms with Crippen molar-refractivity contribution in [3.63, 3.8) is 0 Å². The second-order valence-electron chi connectivity index (χ2n) is 35.9. The molecule has 2 atom stereocenters. The smallest absolute Gasteiger partial charge is 0.0346 e. The molecule has 0 spiro atoms. The average molecular weight is 1210 g/mol. The molecule has 0 fully saturated rings. The Bertz CT molecular complexity index is 1260. The van der Waals surface area contributed by atoms with Gasteiger partial charge in [0.15, 0.2) is 0 Å². The van der Waals surface area contributed by atoms with E-state index in [4.69, 9.17) is 0 Å². The summed E-state index contributed by atoms with van der Waals surface area (Å²) in [7, 11) is 0. The summed E-state index contributed by atoms with van der Waals surface area (Å²) in [5.74, 6) is 5.40. The van der Waals surface area contributed by atoms with E-state index >= 15 is 0 Å². The van der Waals surface area contributed by atoms with Crippen molar-refractivity contribution in [3.8, 4) is 0 Å². The fourth-order valence-electron chi connectivity index (χ4n) is 12.5. The Kier molecular flexibility index (Phi) is 68.3. The lowest BCUT2D eigenvalue weighted by Crippen LogP contribution is -2.20. The van der Waals surface area contributed by atoms with Gasteiger partial charge in [-0.1, -0.05) is 422 Å². The van der Waals surface area contributed by atoms with Gasteiger partial charge in [-0.15, -0.1) is 0 Å². The molecular weight excluding hydrogens is 1030 g/mol. The summed E-state index contributed by atoms with van der Waals surface area (Å²) < 4.78 is 0. The molecule has 0 heteroatoms. The van der Waals surface area contributed by atoms with Crippen LogP contribution in [0.5, 0.6) is 0 Å². The van der Waals surface area contributed by atoms with Crippen molar-refractivity contribution < 1.29 is 0 Å². The van der Waals surface area contributed by atoms with E-state index in [0.29, 0.717) is 27.1 Å². The Morgan fingerprint density at radius 3 is 0.721 bits per heavy atom. The molecule has 86 heavy (non-hydrogen) atoms. The Morgan fingerprint density at radius 1 is 0.267 bits per heavy atom. The highest BCUT2D eigenvalue weighted by atomic mass is 14.3. The molecule has 0 N–H and O–H groups in total. The topological polar surface area (TPSA) is 0 Å². The van der Waals surface area contributed by atoms with Crippen molar-refractivity contribution in [2.24, 2.45) is 62.6 Å². The standard InChI is InChI=1S/C29H60.C21H44.C14H30.C14H28.C8H18/c1-6-8-10-12-14-16-18-20-22-24-26-28(29(3,4)5)27-25-23-21-19-17-15-13-11-9-7-2;1-6-8-10-12-14-16-18-20(21(3,4)5)19-17-15-13-11-9-7-2;2*1-12(2)8-7-9-13(3)10-11-14(4,5)6;1-7(2)6-8(3,4)5/h28H,6-27H2,1-5H3;20H,6-19H2,1-5H3;12-13H,7-11H2,1-6H3;8,13H,7,9-11H2,1-6H3;7H,6H2,1-5H3. The zero-order valence-corrected chi connectivity index (χ0v) is 66.6. The summed E-state index contributed by atoms with van der Waals surface area (Å²) in [5.41, 5.74) is 4.00. The average Bonchev–Trinajstić information content (AvgIpc) is 3.62. The third-order valence-corrected chi connectivity index (χ3v) is 18.6. The molecule has 0 saturated heterocycles. The van der Waals surface area contributed by atoms with Crippen LogP contribution in [0.2, 0.25) is 0 Å². The van der Waals surface area contributed by atoms with Crippen LogP contribution in [-0.2, 0) is 0 Å². The van der Waals surface area contributed by atoms with Crippen molar-refractivity contribution >= 4 is 0 Å².